The van der Waals surface area contributed by atoms with Gasteiger partial charge in [0, 0.05) is 4.90 Å². The average Bonchev–Trinajstić information content (AvgIpc) is 2.26. The number of allylic oxidation sites excluding steroid dienone is 1. The summed E-state index contributed by atoms with van der Waals surface area (Å²) in [4.78, 5) is 12.9. The molecule has 0 amide bonds. The Balaban J connectivity index is 2.73. The van der Waals surface area contributed by atoms with Crippen LogP contribution in [0.3, 0.4) is 0 Å². The summed E-state index contributed by atoms with van der Waals surface area (Å²) in [7, 11) is 1.39. The van der Waals surface area contributed by atoms with E-state index in [1.54, 1.807) is 6.08 Å². The normalized spacial score (nSPS) is 11.1. The summed E-state index contributed by atoms with van der Waals surface area (Å²) < 4.78 is 4.65. The minimum absolute atomic E-state index is 0.290. The summed E-state index contributed by atoms with van der Waals surface area (Å²) in [5, 5.41) is 0. The van der Waals surface area contributed by atoms with Crippen molar-refractivity contribution >= 4 is 17.7 Å². The Kier molecular flexibility index (Phi) is 4.26. The number of rotatable bonds is 3. The van der Waals surface area contributed by atoms with Crippen molar-refractivity contribution in [1.29, 1.82) is 0 Å². The number of esters is 1. The van der Waals surface area contributed by atoms with E-state index in [1.165, 1.54) is 18.9 Å². The predicted octanol–water partition coefficient (Wildman–Crippen LogP) is 2.86. The SMILES string of the molecule is C/C=C(/Sc1ccccc1)C(=O)OC. The van der Waals surface area contributed by atoms with Crippen molar-refractivity contribution in [1.82, 2.24) is 0 Å². The number of carbonyl (C=O) groups is 1. The standard InChI is InChI=1S/C11H12O2S/c1-3-10(11(12)13-2)14-9-7-5-4-6-8-9/h3-8H,1-2H3/b10-3+. The number of methoxy groups -OCH3 is 1. The van der Waals surface area contributed by atoms with Gasteiger partial charge in [0.15, 0.2) is 0 Å². The zero-order chi connectivity index (χ0) is 10.4. The molecule has 0 heterocycles. The zero-order valence-corrected chi connectivity index (χ0v) is 9.01. The molecule has 0 fully saturated rings. The number of carbonyl (C=O) groups excluding carboxylic acids is 1. The van der Waals surface area contributed by atoms with Gasteiger partial charge in [-0.25, -0.2) is 4.79 Å². The lowest BCUT2D eigenvalue weighted by molar-refractivity contribution is -0.135. The largest absolute Gasteiger partial charge is 0.465 e. The van der Waals surface area contributed by atoms with E-state index < -0.39 is 0 Å². The first kappa shape index (κ1) is 10.9. The van der Waals surface area contributed by atoms with Crippen LogP contribution >= 0.6 is 11.8 Å². The molecule has 0 aromatic heterocycles. The first-order valence-electron chi connectivity index (χ1n) is 4.25. The molecule has 1 aromatic rings. The molecular formula is C11H12O2S. The van der Waals surface area contributed by atoms with Crippen LogP contribution in [0.15, 0.2) is 46.2 Å². The lowest BCUT2D eigenvalue weighted by Crippen LogP contribution is -2.01. The Bertz CT molecular complexity index is 330. The molecule has 0 unspecified atom stereocenters. The highest BCUT2D eigenvalue weighted by Gasteiger charge is 2.09. The van der Waals surface area contributed by atoms with Crippen LogP contribution in [-0.4, -0.2) is 13.1 Å². The van der Waals surface area contributed by atoms with Crippen LogP contribution < -0.4 is 0 Å². The quantitative estimate of drug-likeness (QED) is 0.434. The van der Waals surface area contributed by atoms with Crippen molar-refractivity contribution in [3.05, 3.63) is 41.3 Å². The highest BCUT2D eigenvalue weighted by molar-refractivity contribution is 8.04. The summed E-state index contributed by atoms with van der Waals surface area (Å²) >= 11 is 1.41. The Morgan fingerprint density at radius 3 is 2.50 bits per heavy atom. The lowest BCUT2D eigenvalue weighted by Gasteiger charge is -2.03. The summed E-state index contributed by atoms with van der Waals surface area (Å²) in [6, 6.07) is 9.73. The molecule has 0 aliphatic heterocycles. The fraction of sp³-hybridized carbons (Fsp3) is 0.182. The molecule has 2 nitrogen and oxygen atoms in total. The Labute approximate surface area is 88.0 Å². The van der Waals surface area contributed by atoms with Gasteiger partial charge in [0.2, 0.25) is 0 Å². The van der Waals surface area contributed by atoms with E-state index in [2.05, 4.69) is 4.74 Å². The van der Waals surface area contributed by atoms with Crippen LogP contribution in [-0.2, 0) is 9.53 Å². The molecule has 0 N–H and O–H groups in total. The topological polar surface area (TPSA) is 26.3 Å². The third-order valence-electron chi connectivity index (χ3n) is 1.62. The van der Waals surface area contributed by atoms with Crippen LogP contribution in [0, 0.1) is 0 Å². The molecule has 0 spiro atoms. The van der Waals surface area contributed by atoms with Gasteiger partial charge in [-0.1, -0.05) is 36.0 Å². The maximum absolute atomic E-state index is 11.2. The fourth-order valence-electron chi connectivity index (χ4n) is 0.935. The van der Waals surface area contributed by atoms with Crippen LogP contribution in [0.5, 0.6) is 0 Å². The maximum Gasteiger partial charge on any atom is 0.344 e. The van der Waals surface area contributed by atoms with E-state index in [9.17, 15) is 4.79 Å². The van der Waals surface area contributed by atoms with Crippen molar-refractivity contribution in [3.63, 3.8) is 0 Å². The minimum Gasteiger partial charge on any atom is -0.465 e. The number of benzene rings is 1. The smallest absolute Gasteiger partial charge is 0.344 e. The summed E-state index contributed by atoms with van der Waals surface area (Å²) in [5.41, 5.74) is 0. The van der Waals surface area contributed by atoms with Gasteiger partial charge < -0.3 is 4.74 Å². The van der Waals surface area contributed by atoms with Crippen molar-refractivity contribution < 1.29 is 9.53 Å². The van der Waals surface area contributed by atoms with E-state index >= 15 is 0 Å². The number of thioether (sulfide) groups is 1. The third-order valence-corrected chi connectivity index (χ3v) is 2.75. The van der Waals surface area contributed by atoms with Crippen molar-refractivity contribution in [2.24, 2.45) is 0 Å². The van der Waals surface area contributed by atoms with Gasteiger partial charge in [-0.15, -0.1) is 0 Å². The molecule has 0 aliphatic carbocycles. The van der Waals surface area contributed by atoms with E-state index in [0.717, 1.165) is 4.90 Å². The van der Waals surface area contributed by atoms with Crippen molar-refractivity contribution in [2.45, 2.75) is 11.8 Å². The summed E-state index contributed by atoms with van der Waals surface area (Å²) in [5.74, 6) is -0.290. The number of ether oxygens (including phenoxy) is 1. The van der Waals surface area contributed by atoms with E-state index in [0.29, 0.717) is 4.91 Å². The Morgan fingerprint density at radius 2 is 2.00 bits per heavy atom. The molecular weight excluding hydrogens is 196 g/mol. The van der Waals surface area contributed by atoms with Gasteiger partial charge in [-0.3, -0.25) is 0 Å². The third kappa shape index (κ3) is 2.92. The summed E-state index contributed by atoms with van der Waals surface area (Å²) in [6.45, 7) is 1.82. The molecule has 3 heteroatoms. The van der Waals surface area contributed by atoms with Crippen LogP contribution in [0.4, 0.5) is 0 Å². The fourth-order valence-corrected chi connectivity index (χ4v) is 1.77. The Hall–Kier alpha value is -1.22. The molecule has 0 saturated carbocycles. The predicted molar refractivity (Wildman–Crippen MR) is 58.1 cm³/mol. The molecule has 74 valence electrons. The van der Waals surface area contributed by atoms with Crippen molar-refractivity contribution in [2.75, 3.05) is 7.11 Å². The highest BCUT2D eigenvalue weighted by Crippen LogP contribution is 2.26. The van der Waals surface area contributed by atoms with Gasteiger partial charge in [0.1, 0.15) is 0 Å². The monoisotopic (exact) mass is 208 g/mol. The van der Waals surface area contributed by atoms with E-state index in [-0.39, 0.29) is 5.97 Å². The second kappa shape index (κ2) is 5.50. The molecule has 0 radical (unpaired) electrons. The first-order valence-corrected chi connectivity index (χ1v) is 5.07. The van der Waals surface area contributed by atoms with Crippen LogP contribution in [0.25, 0.3) is 0 Å². The molecule has 0 atom stereocenters. The van der Waals surface area contributed by atoms with Crippen LogP contribution in [0.1, 0.15) is 6.92 Å². The molecule has 1 rings (SSSR count). The second-order valence-electron chi connectivity index (χ2n) is 2.56. The minimum atomic E-state index is -0.290. The van der Waals surface area contributed by atoms with Crippen LogP contribution in [0.2, 0.25) is 0 Å². The zero-order valence-electron chi connectivity index (χ0n) is 8.19. The molecule has 14 heavy (non-hydrogen) atoms. The average molecular weight is 208 g/mol. The van der Waals surface area contributed by atoms with E-state index in [1.807, 2.05) is 37.3 Å². The van der Waals surface area contributed by atoms with Gasteiger partial charge in [0.25, 0.3) is 0 Å². The molecule has 1 aromatic carbocycles. The van der Waals surface area contributed by atoms with E-state index in [4.69, 9.17) is 0 Å². The first-order chi connectivity index (χ1) is 6.77. The Morgan fingerprint density at radius 1 is 1.36 bits per heavy atom. The summed E-state index contributed by atoms with van der Waals surface area (Å²) in [6.07, 6.45) is 1.75. The highest BCUT2D eigenvalue weighted by atomic mass is 32.2. The number of hydrogen-bond acceptors (Lipinski definition) is 3. The lowest BCUT2D eigenvalue weighted by atomic mass is 10.4. The van der Waals surface area contributed by atoms with Crippen molar-refractivity contribution in [3.8, 4) is 0 Å². The number of hydrogen-bond donors (Lipinski definition) is 0. The van der Waals surface area contributed by atoms with Gasteiger partial charge in [0.05, 0.1) is 12.0 Å². The molecule has 0 aliphatic rings. The molecule has 0 bridgehead atoms. The van der Waals surface area contributed by atoms with Gasteiger partial charge >= 0.3 is 5.97 Å². The van der Waals surface area contributed by atoms with Gasteiger partial charge in [-0.2, -0.15) is 0 Å². The second-order valence-corrected chi connectivity index (χ2v) is 3.67. The maximum atomic E-state index is 11.2. The van der Waals surface area contributed by atoms with Gasteiger partial charge in [-0.05, 0) is 19.1 Å². The molecule has 0 saturated heterocycles.